The standard InChI is InChI=1S/C15H18N2O4/c1-3-7-17(10-14(19)20)13(18)9-16-15(21)12-6-4-5-11(2)8-12/h3-6,8H,1,7,9-10H2,2H3,(H,16,21)(H,19,20). The van der Waals surface area contributed by atoms with Gasteiger partial charge in [-0.3, -0.25) is 14.4 Å². The summed E-state index contributed by atoms with van der Waals surface area (Å²) in [5, 5.41) is 11.2. The highest BCUT2D eigenvalue weighted by Gasteiger charge is 2.16. The number of amides is 2. The van der Waals surface area contributed by atoms with Crippen LogP contribution in [0.4, 0.5) is 0 Å². The molecule has 0 unspecified atom stereocenters. The molecule has 21 heavy (non-hydrogen) atoms. The normalized spacial score (nSPS) is 9.76. The maximum absolute atomic E-state index is 11.9. The summed E-state index contributed by atoms with van der Waals surface area (Å²) in [5.41, 5.74) is 1.39. The molecular formula is C15H18N2O4. The molecule has 0 aliphatic rings. The summed E-state index contributed by atoms with van der Waals surface area (Å²) in [5.74, 6) is -1.96. The minimum atomic E-state index is -1.12. The smallest absolute Gasteiger partial charge is 0.323 e. The molecule has 0 saturated carbocycles. The molecule has 0 saturated heterocycles. The third-order valence-electron chi connectivity index (χ3n) is 2.71. The second-order valence-corrected chi connectivity index (χ2v) is 4.51. The molecule has 1 aromatic rings. The van der Waals surface area contributed by atoms with E-state index in [4.69, 9.17) is 5.11 Å². The van der Waals surface area contributed by atoms with Gasteiger partial charge in [0, 0.05) is 12.1 Å². The number of nitrogens with zero attached hydrogens (tertiary/aromatic N) is 1. The van der Waals surface area contributed by atoms with Crippen LogP contribution < -0.4 is 5.32 Å². The fourth-order valence-corrected chi connectivity index (χ4v) is 1.73. The molecule has 0 aliphatic carbocycles. The van der Waals surface area contributed by atoms with Crippen LogP contribution in [0.25, 0.3) is 0 Å². The Morgan fingerprint density at radius 1 is 1.38 bits per heavy atom. The van der Waals surface area contributed by atoms with Crippen molar-refractivity contribution in [2.45, 2.75) is 6.92 Å². The molecule has 2 amide bonds. The van der Waals surface area contributed by atoms with Gasteiger partial charge < -0.3 is 15.3 Å². The van der Waals surface area contributed by atoms with E-state index in [1.54, 1.807) is 18.2 Å². The third kappa shape index (κ3) is 5.48. The highest BCUT2D eigenvalue weighted by molar-refractivity contribution is 5.96. The molecule has 1 aromatic carbocycles. The number of nitrogens with one attached hydrogen (secondary N) is 1. The van der Waals surface area contributed by atoms with Crippen LogP contribution >= 0.6 is 0 Å². The average molecular weight is 290 g/mol. The van der Waals surface area contributed by atoms with E-state index in [-0.39, 0.29) is 19.0 Å². The van der Waals surface area contributed by atoms with Gasteiger partial charge in [0.25, 0.3) is 5.91 Å². The van der Waals surface area contributed by atoms with Crippen LogP contribution in [-0.2, 0) is 9.59 Å². The van der Waals surface area contributed by atoms with Crippen molar-refractivity contribution in [3.8, 4) is 0 Å². The first-order valence-corrected chi connectivity index (χ1v) is 6.39. The minimum absolute atomic E-state index is 0.117. The minimum Gasteiger partial charge on any atom is -0.480 e. The van der Waals surface area contributed by atoms with Gasteiger partial charge >= 0.3 is 5.97 Å². The summed E-state index contributed by atoms with van der Waals surface area (Å²) in [4.78, 5) is 35.5. The molecule has 1 rings (SSSR count). The van der Waals surface area contributed by atoms with Crippen molar-refractivity contribution in [1.82, 2.24) is 10.2 Å². The van der Waals surface area contributed by atoms with Crippen molar-refractivity contribution in [3.05, 3.63) is 48.0 Å². The van der Waals surface area contributed by atoms with Crippen LogP contribution in [0.15, 0.2) is 36.9 Å². The number of rotatable bonds is 7. The Morgan fingerprint density at radius 2 is 2.10 bits per heavy atom. The number of hydrogen-bond acceptors (Lipinski definition) is 3. The predicted octanol–water partition coefficient (Wildman–Crippen LogP) is 0.824. The van der Waals surface area contributed by atoms with Crippen molar-refractivity contribution < 1.29 is 19.5 Å². The second kappa shape index (κ2) is 7.84. The number of carbonyl (C=O) groups excluding carboxylic acids is 2. The lowest BCUT2D eigenvalue weighted by molar-refractivity contribution is -0.143. The van der Waals surface area contributed by atoms with Crippen molar-refractivity contribution in [2.24, 2.45) is 0 Å². The quantitative estimate of drug-likeness (QED) is 0.728. The maximum Gasteiger partial charge on any atom is 0.323 e. The Kier molecular flexibility index (Phi) is 6.13. The molecule has 6 nitrogen and oxygen atoms in total. The van der Waals surface area contributed by atoms with E-state index in [0.717, 1.165) is 10.5 Å². The van der Waals surface area contributed by atoms with E-state index in [2.05, 4.69) is 11.9 Å². The number of aryl methyl sites for hydroxylation is 1. The molecule has 6 heteroatoms. The van der Waals surface area contributed by atoms with Gasteiger partial charge in [-0.05, 0) is 19.1 Å². The molecular weight excluding hydrogens is 272 g/mol. The molecule has 0 fully saturated rings. The highest BCUT2D eigenvalue weighted by Crippen LogP contribution is 2.03. The monoisotopic (exact) mass is 290 g/mol. The molecule has 0 atom stereocenters. The largest absolute Gasteiger partial charge is 0.480 e. The van der Waals surface area contributed by atoms with Gasteiger partial charge in [-0.25, -0.2) is 0 Å². The first-order chi connectivity index (χ1) is 9.93. The summed E-state index contributed by atoms with van der Waals surface area (Å²) < 4.78 is 0. The summed E-state index contributed by atoms with van der Waals surface area (Å²) >= 11 is 0. The van der Waals surface area contributed by atoms with Crippen LogP contribution in [0.2, 0.25) is 0 Å². The lowest BCUT2D eigenvalue weighted by atomic mass is 10.1. The van der Waals surface area contributed by atoms with E-state index in [9.17, 15) is 14.4 Å². The zero-order valence-corrected chi connectivity index (χ0v) is 11.8. The molecule has 0 aromatic heterocycles. The van der Waals surface area contributed by atoms with Crippen molar-refractivity contribution in [3.63, 3.8) is 0 Å². The topological polar surface area (TPSA) is 86.7 Å². The van der Waals surface area contributed by atoms with Gasteiger partial charge in [0.15, 0.2) is 0 Å². The highest BCUT2D eigenvalue weighted by atomic mass is 16.4. The van der Waals surface area contributed by atoms with Gasteiger partial charge in [0.1, 0.15) is 6.54 Å². The molecule has 0 aliphatic heterocycles. The number of aliphatic carboxylic acids is 1. The van der Waals surface area contributed by atoms with Crippen LogP contribution in [0.3, 0.4) is 0 Å². The van der Waals surface area contributed by atoms with E-state index in [1.165, 1.54) is 6.08 Å². The number of carbonyl (C=O) groups is 3. The first-order valence-electron chi connectivity index (χ1n) is 6.39. The van der Waals surface area contributed by atoms with E-state index in [0.29, 0.717) is 5.56 Å². The van der Waals surface area contributed by atoms with Crippen LogP contribution in [-0.4, -0.2) is 47.4 Å². The van der Waals surface area contributed by atoms with E-state index < -0.39 is 18.4 Å². The summed E-state index contributed by atoms with van der Waals surface area (Å²) in [6.45, 7) is 4.77. The zero-order chi connectivity index (χ0) is 15.8. The Labute approximate surface area is 123 Å². The Balaban J connectivity index is 2.59. The fraction of sp³-hybridized carbons (Fsp3) is 0.267. The van der Waals surface area contributed by atoms with Crippen molar-refractivity contribution >= 4 is 17.8 Å². The SMILES string of the molecule is C=CCN(CC(=O)O)C(=O)CNC(=O)c1cccc(C)c1. The molecule has 2 N–H and O–H groups in total. The first kappa shape index (κ1) is 16.4. The molecule has 0 radical (unpaired) electrons. The lowest BCUT2D eigenvalue weighted by Crippen LogP contribution is -2.42. The molecule has 0 spiro atoms. The van der Waals surface area contributed by atoms with Crippen LogP contribution in [0, 0.1) is 6.92 Å². The second-order valence-electron chi connectivity index (χ2n) is 4.51. The fourth-order valence-electron chi connectivity index (χ4n) is 1.73. The number of hydrogen-bond donors (Lipinski definition) is 2. The molecule has 112 valence electrons. The number of carboxylic acid groups (broad SMARTS) is 1. The maximum atomic E-state index is 11.9. The zero-order valence-electron chi connectivity index (χ0n) is 11.8. The average Bonchev–Trinajstić information content (AvgIpc) is 2.43. The van der Waals surface area contributed by atoms with E-state index in [1.807, 2.05) is 13.0 Å². The number of benzene rings is 1. The lowest BCUT2D eigenvalue weighted by Gasteiger charge is -2.19. The summed E-state index contributed by atoms with van der Waals surface area (Å²) in [6.07, 6.45) is 1.43. The van der Waals surface area contributed by atoms with Crippen LogP contribution in [0.1, 0.15) is 15.9 Å². The summed E-state index contributed by atoms with van der Waals surface area (Å²) in [7, 11) is 0. The van der Waals surface area contributed by atoms with Crippen molar-refractivity contribution in [1.29, 1.82) is 0 Å². The Bertz CT molecular complexity index is 554. The van der Waals surface area contributed by atoms with Gasteiger partial charge in [-0.1, -0.05) is 23.8 Å². The Hall–Kier alpha value is -2.63. The molecule has 0 bridgehead atoms. The van der Waals surface area contributed by atoms with Gasteiger partial charge in [-0.2, -0.15) is 0 Å². The number of carboxylic acids is 1. The van der Waals surface area contributed by atoms with Crippen molar-refractivity contribution in [2.75, 3.05) is 19.6 Å². The Morgan fingerprint density at radius 3 is 2.67 bits per heavy atom. The van der Waals surface area contributed by atoms with Gasteiger partial charge in [0.2, 0.25) is 5.91 Å². The predicted molar refractivity (Wildman–Crippen MR) is 77.9 cm³/mol. The van der Waals surface area contributed by atoms with Crippen LogP contribution in [0.5, 0.6) is 0 Å². The van der Waals surface area contributed by atoms with Gasteiger partial charge in [-0.15, -0.1) is 6.58 Å². The third-order valence-corrected chi connectivity index (χ3v) is 2.71. The molecule has 0 heterocycles. The summed E-state index contributed by atoms with van der Waals surface area (Å²) in [6, 6.07) is 6.96. The van der Waals surface area contributed by atoms with Gasteiger partial charge in [0.05, 0.1) is 6.54 Å². The van der Waals surface area contributed by atoms with E-state index >= 15 is 0 Å².